The summed E-state index contributed by atoms with van der Waals surface area (Å²) in [6.45, 7) is 0. The fraction of sp³-hybridized carbons (Fsp3) is 0. The first kappa shape index (κ1) is 30.6. The highest BCUT2D eigenvalue weighted by Gasteiger charge is 2.17. The number of anilines is 3. The Labute approximate surface area is 306 Å². The molecule has 0 atom stereocenters. The van der Waals surface area contributed by atoms with Gasteiger partial charge in [0.2, 0.25) is 5.89 Å². The molecule has 0 amide bonds. The maximum Gasteiger partial charge on any atom is 0.227 e. The van der Waals surface area contributed by atoms with E-state index in [-0.39, 0.29) is 0 Å². The van der Waals surface area contributed by atoms with E-state index in [0.717, 1.165) is 61.2 Å². The average molecular weight is 681 g/mol. The van der Waals surface area contributed by atoms with Crippen LogP contribution in [0.5, 0.6) is 0 Å². The quantitative estimate of drug-likeness (QED) is 0.168. The van der Waals surface area contributed by atoms with Crippen LogP contribution in [0.15, 0.2) is 203 Å². The molecule has 2 aromatic heterocycles. The molecule has 4 nitrogen and oxygen atoms in total. The van der Waals surface area contributed by atoms with Crippen molar-refractivity contribution < 1.29 is 8.83 Å². The molecule has 0 saturated carbocycles. The Morgan fingerprint density at radius 2 is 0.849 bits per heavy atom. The number of aromatic nitrogens is 1. The number of fused-ring (bicyclic) bond motifs is 4. The molecule has 0 N–H and O–H groups in total. The second-order valence-electron chi connectivity index (χ2n) is 13.2. The van der Waals surface area contributed by atoms with Crippen LogP contribution < -0.4 is 4.90 Å². The summed E-state index contributed by atoms with van der Waals surface area (Å²) >= 11 is 0. The minimum Gasteiger partial charge on any atom is -0.456 e. The van der Waals surface area contributed by atoms with Gasteiger partial charge in [0.15, 0.2) is 5.58 Å². The summed E-state index contributed by atoms with van der Waals surface area (Å²) in [5, 5.41) is 2.07. The summed E-state index contributed by atoms with van der Waals surface area (Å²) < 4.78 is 12.4. The summed E-state index contributed by atoms with van der Waals surface area (Å²) in [6.07, 6.45) is 0. The van der Waals surface area contributed by atoms with E-state index in [2.05, 4.69) is 163 Å². The lowest BCUT2D eigenvalue weighted by atomic mass is 9.94. The molecule has 0 spiro atoms. The third-order valence-corrected chi connectivity index (χ3v) is 9.92. The second-order valence-corrected chi connectivity index (χ2v) is 13.2. The Morgan fingerprint density at radius 3 is 1.51 bits per heavy atom. The zero-order valence-electron chi connectivity index (χ0n) is 28.7. The van der Waals surface area contributed by atoms with Crippen LogP contribution in [0.3, 0.4) is 0 Å². The van der Waals surface area contributed by atoms with Crippen molar-refractivity contribution in [2.45, 2.75) is 0 Å². The zero-order chi connectivity index (χ0) is 35.1. The van der Waals surface area contributed by atoms with Gasteiger partial charge in [0.05, 0.1) is 0 Å². The molecule has 0 aliphatic heterocycles. The van der Waals surface area contributed by atoms with Gasteiger partial charge in [-0.2, -0.15) is 0 Å². The second kappa shape index (κ2) is 12.9. The standard InChI is InChI=1S/C49H32N2O2/c1-4-12-34(13-5-1)41-18-10-11-19-42(41)35-22-27-40(28-23-35)51(38-16-8-3-9-17-38)39-25-20-33(21-26-39)37-24-29-46-43(30-37)44-31-45-48(32-47(44)52-46)53-49(50-45)36-14-6-2-7-15-36/h1-32H. The number of furan rings is 1. The van der Waals surface area contributed by atoms with Crippen molar-refractivity contribution in [1.82, 2.24) is 4.98 Å². The van der Waals surface area contributed by atoms with Gasteiger partial charge in [-0.05, 0) is 100 Å². The molecular formula is C49H32N2O2. The van der Waals surface area contributed by atoms with E-state index in [1.807, 2.05) is 36.4 Å². The fourth-order valence-electron chi connectivity index (χ4n) is 7.30. The SMILES string of the molecule is c1ccc(-c2nc3cc4c(cc3o2)oc2ccc(-c3ccc(N(c5ccccc5)c5ccc(-c6ccccc6-c6ccccc6)cc5)cc3)cc24)cc1. The predicted molar refractivity (Wildman–Crippen MR) is 218 cm³/mol. The van der Waals surface area contributed by atoms with E-state index in [1.54, 1.807) is 0 Å². The van der Waals surface area contributed by atoms with Gasteiger partial charge in [0, 0.05) is 39.5 Å². The first-order valence-corrected chi connectivity index (χ1v) is 17.8. The van der Waals surface area contributed by atoms with Crippen LogP contribution in [0.25, 0.3) is 77.9 Å². The van der Waals surface area contributed by atoms with Crippen LogP contribution in [-0.2, 0) is 0 Å². The van der Waals surface area contributed by atoms with Gasteiger partial charge in [-0.3, -0.25) is 0 Å². The largest absolute Gasteiger partial charge is 0.456 e. The van der Waals surface area contributed by atoms with Gasteiger partial charge in [-0.1, -0.05) is 121 Å². The first-order valence-electron chi connectivity index (χ1n) is 17.8. The van der Waals surface area contributed by atoms with E-state index in [0.29, 0.717) is 11.5 Å². The zero-order valence-corrected chi connectivity index (χ0v) is 28.7. The molecule has 0 aliphatic rings. The average Bonchev–Trinajstić information content (AvgIpc) is 3.82. The molecule has 0 fully saturated rings. The number of benzene rings is 8. The van der Waals surface area contributed by atoms with E-state index in [9.17, 15) is 0 Å². The van der Waals surface area contributed by atoms with Crippen molar-refractivity contribution in [3.63, 3.8) is 0 Å². The predicted octanol–water partition coefficient (Wildman–Crippen LogP) is 13.9. The van der Waals surface area contributed by atoms with Crippen LogP contribution in [0.4, 0.5) is 17.1 Å². The highest BCUT2D eigenvalue weighted by molar-refractivity contribution is 6.10. The summed E-state index contributed by atoms with van der Waals surface area (Å²) in [7, 11) is 0. The Morgan fingerprint density at radius 1 is 0.340 bits per heavy atom. The molecule has 53 heavy (non-hydrogen) atoms. The lowest BCUT2D eigenvalue weighted by Gasteiger charge is -2.26. The molecule has 0 saturated heterocycles. The molecule has 8 aromatic carbocycles. The van der Waals surface area contributed by atoms with Crippen molar-refractivity contribution in [2.75, 3.05) is 4.90 Å². The van der Waals surface area contributed by atoms with Gasteiger partial charge in [-0.25, -0.2) is 4.98 Å². The summed E-state index contributed by atoms with van der Waals surface area (Å²) in [4.78, 5) is 7.10. The fourth-order valence-corrected chi connectivity index (χ4v) is 7.30. The smallest absolute Gasteiger partial charge is 0.227 e. The maximum atomic E-state index is 6.29. The molecule has 0 bridgehead atoms. The van der Waals surface area contributed by atoms with Crippen molar-refractivity contribution in [3.8, 4) is 44.8 Å². The van der Waals surface area contributed by atoms with Gasteiger partial charge in [-0.15, -0.1) is 0 Å². The molecule has 0 unspecified atom stereocenters. The van der Waals surface area contributed by atoms with Crippen LogP contribution >= 0.6 is 0 Å². The number of nitrogens with zero attached hydrogens (tertiary/aromatic N) is 2. The molecule has 0 radical (unpaired) electrons. The number of oxazole rings is 1. The van der Waals surface area contributed by atoms with Crippen molar-refractivity contribution in [1.29, 1.82) is 0 Å². The van der Waals surface area contributed by atoms with Gasteiger partial charge >= 0.3 is 0 Å². The van der Waals surface area contributed by atoms with Crippen LogP contribution in [-0.4, -0.2) is 4.98 Å². The lowest BCUT2D eigenvalue weighted by molar-refractivity contribution is 0.617. The first-order chi connectivity index (χ1) is 26.2. The van der Waals surface area contributed by atoms with Gasteiger partial charge in [0.1, 0.15) is 16.7 Å². The van der Waals surface area contributed by atoms with Crippen LogP contribution in [0.2, 0.25) is 0 Å². The number of rotatable bonds is 7. The van der Waals surface area contributed by atoms with Gasteiger partial charge < -0.3 is 13.7 Å². The third kappa shape index (κ3) is 5.63. The molecule has 10 aromatic rings. The molecular weight excluding hydrogens is 649 g/mol. The van der Waals surface area contributed by atoms with Crippen molar-refractivity contribution in [3.05, 3.63) is 194 Å². The lowest BCUT2D eigenvalue weighted by Crippen LogP contribution is -2.09. The maximum absolute atomic E-state index is 6.29. The van der Waals surface area contributed by atoms with Crippen LogP contribution in [0.1, 0.15) is 0 Å². The van der Waals surface area contributed by atoms with Crippen molar-refractivity contribution >= 4 is 50.1 Å². The highest BCUT2D eigenvalue weighted by atomic mass is 16.4. The highest BCUT2D eigenvalue weighted by Crippen LogP contribution is 2.40. The van der Waals surface area contributed by atoms with E-state index < -0.39 is 0 Å². The van der Waals surface area contributed by atoms with E-state index in [1.165, 1.54) is 22.3 Å². The Bertz CT molecular complexity index is 2860. The minimum atomic E-state index is 0.604. The summed E-state index contributed by atoms with van der Waals surface area (Å²) in [5.41, 5.74) is 14.4. The van der Waals surface area contributed by atoms with Crippen LogP contribution in [0, 0.1) is 0 Å². The van der Waals surface area contributed by atoms with Gasteiger partial charge in [0.25, 0.3) is 0 Å². The Hall–Kier alpha value is -7.17. The Balaban J connectivity index is 0.986. The summed E-state index contributed by atoms with van der Waals surface area (Å²) in [6, 6.07) is 67.7. The monoisotopic (exact) mass is 680 g/mol. The van der Waals surface area contributed by atoms with E-state index >= 15 is 0 Å². The Kier molecular flexibility index (Phi) is 7.43. The van der Waals surface area contributed by atoms with Crippen molar-refractivity contribution in [2.24, 2.45) is 0 Å². The summed E-state index contributed by atoms with van der Waals surface area (Å²) in [5.74, 6) is 0.604. The molecule has 10 rings (SSSR count). The molecule has 250 valence electrons. The normalized spacial score (nSPS) is 11.4. The topological polar surface area (TPSA) is 42.4 Å². The minimum absolute atomic E-state index is 0.604. The van der Waals surface area contributed by atoms with E-state index in [4.69, 9.17) is 13.8 Å². The number of hydrogen-bond donors (Lipinski definition) is 0. The third-order valence-electron chi connectivity index (χ3n) is 9.92. The molecule has 2 heterocycles. The molecule has 4 heteroatoms. The molecule has 0 aliphatic carbocycles. The number of para-hydroxylation sites is 1. The number of hydrogen-bond acceptors (Lipinski definition) is 4.